The minimum atomic E-state index is -0.354. The molecule has 1 aliphatic heterocycles. The van der Waals surface area contributed by atoms with Crippen molar-refractivity contribution >= 4 is 5.91 Å². The fourth-order valence-corrected chi connectivity index (χ4v) is 1.98. The van der Waals surface area contributed by atoms with Crippen molar-refractivity contribution in [3.05, 3.63) is 35.1 Å². The van der Waals surface area contributed by atoms with Gasteiger partial charge in [-0.05, 0) is 37.5 Å². The number of halogens is 1. The zero-order chi connectivity index (χ0) is 12.4. The van der Waals surface area contributed by atoms with Gasteiger partial charge < -0.3 is 10.0 Å². The van der Waals surface area contributed by atoms with Crippen LogP contribution in [0.1, 0.15) is 28.8 Å². The van der Waals surface area contributed by atoms with Crippen molar-refractivity contribution in [2.24, 2.45) is 0 Å². The summed E-state index contributed by atoms with van der Waals surface area (Å²) in [6.07, 6.45) is 0.883. The summed E-state index contributed by atoms with van der Waals surface area (Å²) in [5.41, 5.74) is 0.917. The minimum absolute atomic E-state index is 0.157. The lowest BCUT2D eigenvalue weighted by Crippen LogP contribution is -2.40. The SMILES string of the molecule is Cc1ccc(C(=O)N2CCC(O)CC2)cc1F. The number of aliphatic hydroxyl groups is 1. The zero-order valence-corrected chi connectivity index (χ0v) is 9.82. The van der Waals surface area contributed by atoms with Crippen LogP contribution < -0.4 is 0 Å². The normalized spacial score (nSPS) is 17.2. The predicted molar refractivity (Wildman–Crippen MR) is 62.3 cm³/mol. The summed E-state index contributed by atoms with van der Waals surface area (Å²) in [7, 11) is 0. The minimum Gasteiger partial charge on any atom is -0.393 e. The standard InChI is InChI=1S/C13H16FNO2/c1-9-2-3-10(8-12(9)14)13(17)15-6-4-11(16)5-7-15/h2-3,8,11,16H,4-7H2,1H3. The average molecular weight is 237 g/mol. The van der Waals surface area contributed by atoms with Gasteiger partial charge in [0.15, 0.2) is 0 Å². The number of carbonyl (C=O) groups is 1. The number of aliphatic hydroxyl groups excluding tert-OH is 1. The number of nitrogens with zero attached hydrogens (tertiary/aromatic N) is 1. The highest BCUT2D eigenvalue weighted by atomic mass is 19.1. The Hall–Kier alpha value is -1.42. The number of rotatable bonds is 1. The van der Waals surface area contributed by atoms with Crippen molar-refractivity contribution < 1.29 is 14.3 Å². The lowest BCUT2D eigenvalue weighted by molar-refractivity contribution is 0.0546. The molecule has 2 rings (SSSR count). The maximum atomic E-state index is 13.4. The van der Waals surface area contributed by atoms with Crippen LogP contribution in [0.3, 0.4) is 0 Å². The summed E-state index contributed by atoms with van der Waals surface area (Å²) >= 11 is 0. The predicted octanol–water partition coefficient (Wildman–Crippen LogP) is 1.73. The molecule has 1 heterocycles. The van der Waals surface area contributed by atoms with Crippen molar-refractivity contribution in [1.82, 2.24) is 4.90 Å². The lowest BCUT2D eigenvalue weighted by Gasteiger charge is -2.29. The number of likely N-dealkylation sites (tertiary alicyclic amines) is 1. The second kappa shape index (κ2) is 4.84. The molecule has 0 aromatic heterocycles. The first-order valence-electron chi connectivity index (χ1n) is 5.81. The number of amides is 1. The van der Waals surface area contributed by atoms with Crippen LogP contribution in [0.2, 0.25) is 0 Å². The van der Waals surface area contributed by atoms with E-state index in [0.29, 0.717) is 37.1 Å². The molecule has 1 amide bonds. The van der Waals surface area contributed by atoms with E-state index in [4.69, 9.17) is 0 Å². The number of carbonyl (C=O) groups excluding carboxylic acids is 1. The van der Waals surface area contributed by atoms with Crippen molar-refractivity contribution in [2.45, 2.75) is 25.9 Å². The summed E-state index contributed by atoms with van der Waals surface area (Å²) in [4.78, 5) is 13.7. The Morgan fingerprint density at radius 1 is 1.41 bits per heavy atom. The molecule has 1 N–H and O–H groups in total. The quantitative estimate of drug-likeness (QED) is 0.808. The van der Waals surface area contributed by atoms with E-state index in [1.54, 1.807) is 24.0 Å². The number of hydrogen-bond acceptors (Lipinski definition) is 2. The Bertz CT molecular complexity index is 425. The number of piperidine rings is 1. The van der Waals surface area contributed by atoms with Gasteiger partial charge in [0.1, 0.15) is 5.82 Å². The summed E-state index contributed by atoms with van der Waals surface area (Å²) in [6.45, 7) is 2.74. The van der Waals surface area contributed by atoms with E-state index in [1.165, 1.54) is 6.07 Å². The molecule has 1 saturated heterocycles. The molecule has 0 saturated carbocycles. The first-order valence-corrected chi connectivity index (χ1v) is 5.81. The molecule has 1 aliphatic rings. The van der Waals surface area contributed by atoms with E-state index in [1.807, 2.05) is 0 Å². The van der Waals surface area contributed by atoms with Gasteiger partial charge in [-0.2, -0.15) is 0 Å². The van der Waals surface area contributed by atoms with Gasteiger partial charge in [-0.3, -0.25) is 4.79 Å². The average Bonchev–Trinajstić information content (AvgIpc) is 2.33. The van der Waals surface area contributed by atoms with Gasteiger partial charge in [0, 0.05) is 18.7 Å². The molecule has 0 spiro atoms. The Kier molecular flexibility index (Phi) is 3.43. The van der Waals surface area contributed by atoms with Crippen molar-refractivity contribution in [2.75, 3.05) is 13.1 Å². The van der Waals surface area contributed by atoms with E-state index < -0.39 is 0 Å². The molecule has 1 fully saturated rings. The summed E-state index contributed by atoms with van der Waals surface area (Å²) in [5.74, 6) is -0.510. The van der Waals surface area contributed by atoms with Crippen LogP contribution in [0, 0.1) is 12.7 Å². The van der Waals surface area contributed by atoms with E-state index in [0.717, 1.165) is 0 Å². The van der Waals surface area contributed by atoms with Gasteiger partial charge in [-0.15, -0.1) is 0 Å². The molecule has 0 unspecified atom stereocenters. The Balaban J connectivity index is 2.11. The molecule has 17 heavy (non-hydrogen) atoms. The van der Waals surface area contributed by atoms with E-state index in [2.05, 4.69) is 0 Å². The molecule has 0 bridgehead atoms. The second-order valence-electron chi connectivity index (χ2n) is 4.49. The molecular formula is C13H16FNO2. The molecule has 4 heteroatoms. The Morgan fingerprint density at radius 3 is 2.65 bits per heavy atom. The fraction of sp³-hybridized carbons (Fsp3) is 0.462. The number of aryl methyl sites for hydroxylation is 1. The maximum absolute atomic E-state index is 13.4. The molecule has 3 nitrogen and oxygen atoms in total. The summed E-state index contributed by atoms with van der Waals surface area (Å²) in [5, 5.41) is 9.36. The molecule has 92 valence electrons. The fourth-order valence-electron chi connectivity index (χ4n) is 1.98. The van der Waals surface area contributed by atoms with Crippen LogP contribution in [0.4, 0.5) is 4.39 Å². The zero-order valence-electron chi connectivity index (χ0n) is 9.82. The van der Waals surface area contributed by atoms with E-state index in [9.17, 15) is 14.3 Å². The van der Waals surface area contributed by atoms with Gasteiger partial charge in [0.2, 0.25) is 0 Å². The highest BCUT2D eigenvalue weighted by molar-refractivity contribution is 5.94. The van der Waals surface area contributed by atoms with Crippen LogP contribution in [-0.4, -0.2) is 35.1 Å². The van der Waals surface area contributed by atoms with Crippen molar-refractivity contribution in [3.63, 3.8) is 0 Å². The maximum Gasteiger partial charge on any atom is 0.253 e. The third-order valence-corrected chi connectivity index (χ3v) is 3.17. The van der Waals surface area contributed by atoms with Crippen LogP contribution in [0.25, 0.3) is 0 Å². The first kappa shape index (κ1) is 12.0. The molecule has 0 atom stereocenters. The molecular weight excluding hydrogens is 221 g/mol. The molecule has 0 radical (unpaired) electrons. The van der Waals surface area contributed by atoms with Gasteiger partial charge in [0.05, 0.1) is 6.10 Å². The third kappa shape index (κ3) is 2.64. The van der Waals surface area contributed by atoms with Crippen LogP contribution in [0.5, 0.6) is 0 Å². The lowest BCUT2D eigenvalue weighted by atomic mass is 10.1. The molecule has 1 aromatic rings. The smallest absolute Gasteiger partial charge is 0.253 e. The van der Waals surface area contributed by atoms with Crippen LogP contribution in [-0.2, 0) is 0 Å². The number of benzene rings is 1. The van der Waals surface area contributed by atoms with Gasteiger partial charge in [-0.25, -0.2) is 4.39 Å². The summed E-state index contributed by atoms with van der Waals surface area (Å²) in [6, 6.07) is 4.54. The third-order valence-electron chi connectivity index (χ3n) is 3.17. The topological polar surface area (TPSA) is 40.5 Å². The van der Waals surface area contributed by atoms with Crippen LogP contribution >= 0.6 is 0 Å². The molecule has 0 aliphatic carbocycles. The molecule has 1 aromatic carbocycles. The van der Waals surface area contributed by atoms with Crippen molar-refractivity contribution in [1.29, 1.82) is 0 Å². The highest BCUT2D eigenvalue weighted by Gasteiger charge is 2.22. The Labute approximate surface area is 99.9 Å². The monoisotopic (exact) mass is 237 g/mol. The van der Waals surface area contributed by atoms with E-state index in [-0.39, 0.29) is 17.8 Å². The van der Waals surface area contributed by atoms with Gasteiger partial charge >= 0.3 is 0 Å². The Morgan fingerprint density at radius 2 is 2.06 bits per heavy atom. The van der Waals surface area contributed by atoms with E-state index >= 15 is 0 Å². The largest absolute Gasteiger partial charge is 0.393 e. The number of hydrogen-bond donors (Lipinski definition) is 1. The highest BCUT2D eigenvalue weighted by Crippen LogP contribution is 2.15. The summed E-state index contributed by atoms with van der Waals surface area (Å²) < 4.78 is 13.4. The second-order valence-corrected chi connectivity index (χ2v) is 4.49. The van der Waals surface area contributed by atoms with Gasteiger partial charge in [-0.1, -0.05) is 6.07 Å². The van der Waals surface area contributed by atoms with Crippen molar-refractivity contribution in [3.8, 4) is 0 Å². The van der Waals surface area contributed by atoms with Gasteiger partial charge in [0.25, 0.3) is 5.91 Å². The first-order chi connectivity index (χ1) is 8.08. The van der Waals surface area contributed by atoms with Crippen LogP contribution in [0.15, 0.2) is 18.2 Å².